The Morgan fingerprint density at radius 2 is 1.61 bits per heavy atom. The monoisotopic (exact) mass is 440 g/mol. The maximum atomic E-state index is 11.1. The van der Waals surface area contributed by atoms with Gasteiger partial charge in [-0.15, -0.1) is 13.2 Å². The highest BCUT2D eigenvalue weighted by molar-refractivity contribution is 5.87. The van der Waals surface area contributed by atoms with Crippen LogP contribution in [0.2, 0.25) is 0 Å². The van der Waals surface area contributed by atoms with E-state index < -0.39 is 5.41 Å². The first-order valence-corrected chi connectivity index (χ1v) is 11.0. The SMILES string of the molecule is C=CCN(CC=C)c1ccc(N=Cc2cc(OC)cc(C(C)(C)c3ccccc3)c2O)cc1. The fraction of sp³-hybridized carbons (Fsp3) is 0.207. The predicted molar refractivity (Wildman–Crippen MR) is 140 cm³/mol. The smallest absolute Gasteiger partial charge is 0.128 e. The van der Waals surface area contributed by atoms with Crippen LogP contribution in [0, 0.1) is 0 Å². The van der Waals surface area contributed by atoms with Gasteiger partial charge in [0, 0.05) is 41.5 Å². The van der Waals surface area contributed by atoms with Gasteiger partial charge in [-0.25, -0.2) is 0 Å². The highest BCUT2D eigenvalue weighted by Crippen LogP contribution is 2.40. The lowest BCUT2D eigenvalue weighted by molar-refractivity contribution is 0.407. The Bertz CT molecular complexity index is 1110. The summed E-state index contributed by atoms with van der Waals surface area (Å²) in [5.41, 5.74) is 3.96. The molecule has 1 N–H and O–H groups in total. The minimum Gasteiger partial charge on any atom is -0.507 e. The van der Waals surface area contributed by atoms with Crippen molar-refractivity contribution in [2.75, 3.05) is 25.1 Å². The van der Waals surface area contributed by atoms with E-state index in [-0.39, 0.29) is 5.75 Å². The van der Waals surface area contributed by atoms with E-state index in [4.69, 9.17) is 4.74 Å². The summed E-state index contributed by atoms with van der Waals surface area (Å²) in [5, 5.41) is 11.1. The molecule has 0 aliphatic rings. The van der Waals surface area contributed by atoms with Crippen molar-refractivity contribution in [3.05, 3.63) is 109 Å². The van der Waals surface area contributed by atoms with Crippen LogP contribution in [-0.4, -0.2) is 31.5 Å². The van der Waals surface area contributed by atoms with Crippen molar-refractivity contribution in [3.63, 3.8) is 0 Å². The maximum Gasteiger partial charge on any atom is 0.128 e. The first-order chi connectivity index (χ1) is 15.9. The van der Waals surface area contributed by atoms with E-state index in [0.29, 0.717) is 11.3 Å². The average Bonchev–Trinajstić information content (AvgIpc) is 2.84. The Balaban J connectivity index is 1.93. The summed E-state index contributed by atoms with van der Waals surface area (Å²) in [6.45, 7) is 13.3. The molecule has 0 atom stereocenters. The molecule has 0 fully saturated rings. The molecular weight excluding hydrogens is 408 g/mol. The summed E-state index contributed by atoms with van der Waals surface area (Å²) >= 11 is 0. The van der Waals surface area contributed by atoms with Crippen LogP contribution in [0.3, 0.4) is 0 Å². The van der Waals surface area contributed by atoms with Crippen molar-refractivity contribution >= 4 is 17.6 Å². The minimum atomic E-state index is -0.413. The number of benzene rings is 3. The Labute approximate surface area is 197 Å². The third-order valence-electron chi connectivity index (χ3n) is 5.78. The van der Waals surface area contributed by atoms with Crippen molar-refractivity contribution in [1.82, 2.24) is 0 Å². The van der Waals surface area contributed by atoms with Crippen LogP contribution < -0.4 is 9.64 Å². The molecule has 3 aromatic rings. The van der Waals surface area contributed by atoms with Gasteiger partial charge < -0.3 is 14.7 Å². The number of rotatable bonds is 10. The minimum absolute atomic E-state index is 0.202. The van der Waals surface area contributed by atoms with Crippen LogP contribution in [0.1, 0.15) is 30.5 Å². The molecule has 33 heavy (non-hydrogen) atoms. The number of phenols is 1. The highest BCUT2D eigenvalue weighted by atomic mass is 16.5. The molecule has 0 aliphatic carbocycles. The number of methoxy groups -OCH3 is 1. The van der Waals surface area contributed by atoms with Gasteiger partial charge in [-0.1, -0.05) is 56.3 Å². The van der Waals surface area contributed by atoms with Crippen molar-refractivity contribution in [3.8, 4) is 11.5 Å². The standard InChI is InChI=1S/C29H32N2O2/c1-6-17-31(18-7-2)25-15-13-24(14-16-25)30-21-22-19-26(33-5)20-27(28(22)32)29(3,4)23-11-9-8-10-12-23/h6-16,19-21,32H,1-2,17-18H2,3-5H3. The van der Waals surface area contributed by atoms with Gasteiger partial charge in [-0.2, -0.15) is 0 Å². The van der Waals surface area contributed by atoms with Crippen LogP contribution in [0.25, 0.3) is 0 Å². The molecule has 0 unspecified atom stereocenters. The summed E-state index contributed by atoms with van der Waals surface area (Å²) in [5.74, 6) is 0.876. The van der Waals surface area contributed by atoms with Crippen LogP contribution in [-0.2, 0) is 5.41 Å². The van der Waals surface area contributed by atoms with E-state index in [1.807, 2.05) is 60.7 Å². The molecule has 0 bridgehead atoms. The van der Waals surface area contributed by atoms with Gasteiger partial charge in [-0.3, -0.25) is 4.99 Å². The number of hydrogen-bond acceptors (Lipinski definition) is 4. The highest BCUT2D eigenvalue weighted by Gasteiger charge is 2.28. The van der Waals surface area contributed by atoms with Crippen LogP contribution in [0.15, 0.2) is 97.0 Å². The predicted octanol–water partition coefficient (Wildman–Crippen LogP) is 6.66. The first-order valence-electron chi connectivity index (χ1n) is 11.0. The number of ether oxygens (including phenoxy) is 1. The van der Waals surface area contributed by atoms with E-state index in [0.717, 1.165) is 35.6 Å². The average molecular weight is 441 g/mol. The second-order valence-electron chi connectivity index (χ2n) is 8.36. The van der Waals surface area contributed by atoms with Gasteiger partial charge in [0.1, 0.15) is 11.5 Å². The van der Waals surface area contributed by atoms with Crippen molar-refractivity contribution in [1.29, 1.82) is 0 Å². The summed E-state index contributed by atoms with van der Waals surface area (Å²) in [7, 11) is 1.63. The molecule has 3 rings (SSSR count). The van der Waals surface area contributed by atoms with E-state index in [2.05, 4.69) is 49.0 Å². The Morgan fingerprint density at radius 1 is 0.970 bits per heavy atom. The van der Waals surface area contributed by atoms with Crippen LogP contribution in [0.4, 0.5) is 11.4 Å². The third-order valence-corrected chi connectivity index (χ3v) is 5.78. The summed E-state index contributed by atoms with van der Waals surface area (Å²) in [6, 6.07) is 21.8. The molecule has 0 aromatic heterocycles. The Hall–Kier alpha value is -3.79. The number of anilines is 1. The van der Waals surface area contributed by atoms with Gasteiger partial charge in [-0.05, 0) is 42.0 Å². The molecule has 4 heteroatoms. The zero-order valence-corrected chi connectivity index (χ0v) is 19.7. The third kappa shape index (κ3) is 5.53. The summed E-state index contributed by atoms with van der Waals surface area (Å²) in [4.78, 5) is 6.77. The molecule has 0 aliphatic heterocycles. The fourth-order valence-electron chi connectivity index (χ4n) is 3.82. The lowest BCUT2D eigenvalue weighted by Crippen LogP contribution is -2.22. The number of phenolic OH excluding ortho intramolecular Hbond substituents is 1. The lowest BCUT2D eigenvalue weighted by Gasteiger charge is -2.28. The lowest BCUT2D eigenvalue weighted by atomic mass is 9.77. The Kier molecular flexibility index (Phi) is 7.73. The molecule has 0 amide bonds. The van der Waals surface area contributed by atoms with E-state index in [1.165, 1.54) is 0 Å². The van der Waals surface area contributed by atoms with Crippen LogP contribution >= 0.6 is 0 Å². The van der Waals surface area contributed by atoms with Gasteiger partial charge in [0.15, 0.2) is 0 Å². The van der Waals surface area contributed by atoms with E-state index in [9.17, 15) is 5.11 Å². The van der Waals surface area contributed by atoms with Crippen LogP contribution in [0.5, 0.6) is 11.5 Å². The maximum absolute atomic E-state index is 11.1. The zero-order chi connectivity index (χ0) is 23.8. The number of nitrogens with zero attached hydrogens (tertiary/aromatic N) is 2. The van der Waals surface area contributed by atoms with E-state index >= 15 is 0 Å². The van der Waals surface area contributed by atoms with Gasteiger partial charge in [0.25, 0.3) is 0 Å². The second kappa shape index (κ2) is 10.7. The molecule has 0 saturated heterocycles. The largest absolute Gasteiger partial charge is 0.507 e. The fourth-order valence-corrected chi connectivity index (χ4v) is 3.82. The second-order valence-corrected chi connectivity index (χ2v) is 8.36. The molecule has 0 saturated carbocycles. The first kappa shape index (κ1) is 23.9. The molecule has 0 heterocycles. The number of aromatic hydroxyl groups is 1. The summed E-state index contributed by atoms with van der Waals surface area (Å²) < 4.78 is 5.53. The van der Waals surface area contributed by atoms with Gasteiger partial charge in [0.05, 0.1) is 12.8 Å². The topological polar surface area (TPSA) is 45.1 Å². The molecule has 4 nitrogen and oxygen atoms in total. The van der Waals surface area contributed by atoms with Gasteiger partial charge >= 0.3 is 0 Å². The number of hydrogen-bond donors (Lipinski definition) is 1. The van der Waals surface area contributed by atoms with Crippen molar-refractivity contribution < 1.29 is 9.84 Å². The van der Waals surface area contributed by atoms with Crippen molar-refractivity contribution in [2.24, 2.45) is 4.99 Å². The molecular formula is C29H32N2O2. The van der Waals surface area contributed by atoms with Gasteiger partial charge in [0.2, 0.25) is 0 Å². The molecule has 0 spiro atoms. The summed E-state index contributed by atoms with van der Waals surface area (Å²) in [6.07, 6.45) is 5.42. The Morgan fingerprint density at radius 3 is 2.18 bits per heavy atom. The van der Waals surface area contributed by atoms with E-state index in [1.54, 1.807) is 19.4 Å². The van der Waals surface area contributed by atoms with Crippen molar-refractivity contribution in [2.45, 2.75) is 19.3 Å². The normalized spacial score (nSPS) is 11.4. The molecule has 3 aromatic carbocycles. The zero-order valence-electron chi connectivity index (χ0n) is 19.7. The molecule has 0 radical (unpaired) electrons. The number of aliphatic imine (C=N–C) groups is 1. The molecule has 170 valence electrons. The quantitative estimate of drug-likeness (QED) is 0.283.